The van der Waals surface area contributed by atoms with E-state index in [9.17, 15) is 8.78 Å². The smallest absolute Gasteiger partial charge is 0.387 e. The molecule has 0 amide bonds. The van der Waals surface area contributed by atoms with Crippen LogP contribution >= 0.6 is 0 Å². The van der Waals surface area contributed by atoms with Gasteiger partial charge in [0, 0.05) is 33.4 Å². The number of hydrogen-bond donors (Lipinski definition) is 1. The van der Waals surface area contributed by atoms with Crippen LogP contribution in [0.3, 0.4) is 0 Å². The van der Waals surface area contributed by atoms with Crippen molar-refractivity contribution in [1.82, 2.24) is 20.0 Å². The molecule has 0 aliphatic carbocycles. The predicted molar refractivity (Wildman–Crippen MR) is 113 cm³/mol. The van der Waals surface area contributed by atoms with Crippen molar-refractivity contribution in [3.05, 3.63) is 78.1 Å². The highest BCUT2D eigenvalue weighted by Gasteiger charge is 2.09. The molecule has 0 spiro atoms. The Morgan fingerprint density at radius 3 is 2.53 bits per heavy atom. The van der Waals surface area contributed by atoms with E-state index in [0.717, 1.165) is 29.2 Å². The van der Waals surface area contributed by atoms with Crippen molar-refractivity contribution in [3.8, 4) is 11.4 Å². The van der Waals surface area contributed by atoms with Crippen molar-refractivity contribution in [1.29, 1.82) is 0 Å². The van der Waals surface area contributed by atoms with E-state index in [1.807, 2.05) is 59.4 Å². The van der Waals surface area contributed by atoms with Gasteiger partial charge in [0.05, 0.1) is 11.9 Å². The third kappa shape index (κ3) is 6.04. The summed E-state index contributed by atoms with van der Waals surface area (Å²) in [6.07, 6.45) is 4.69. The Morgan fingerprint density at radius 1 is 1.13 bits per heavy atom. The molecule has 158 valence electrons. The topological polar surface area (TPSA) is 54.7 Å². The van der Waals surface area contributed by atoms with Crippen LogP contribution in [0.5, 0.6) is 5.75 Å². The zero-order chi connectivity index (χ0) is 21.3. The van der Waals surface area contributed by atoms with Crippen LogP contribution in [0.15, 0.2) is 72.0 Å². The minimum atomic E-state index is -2.82. The van der Waals surface area contributed by atoms with Gasteiger partial charge in [-0.15, -0.1) is 0 Å². The maximum absolute atomic E-state index is 12.3. The van der Waals surface area contributed by atoms with Crippen LogP contribution in [0.25, 0.3) is 5.69 Å². The van der Waals surface area contributed by atoms with E-state index in [0.29, 0.717) is 13.1 Å². The summed E-state index contributed by atoms with van der Waals surface area (Å²) in [6.45, 7) is -1.53. The molecule has 1 aromatic heterocycles. The molecule has 1 heterocycles. The lowest BCUT2D eigenvalue weighted by Gasteiger charge is -2.22. The number of aromatic nitrogens is 2. The first-order chi connectivity index (χ1) is 14.5. The fourth-order valence-corrected chi connectivity index (χ4v) is 3.04. The van der Waals surface area contributed by atoms with Gasteiger partial charge in [0.1, 0.15) is 5.75 Å². The highest BCUT2D eigenvalue weighted by atomic mass is 19.3. The Morgan fingerprint density at radius 2 is 1.87 bits per heavy atom. The van der Waals surface area contributed by atoms with Gasteiger partial charge < -0.3 is 15.0 Å². The van der Waals surface area contributed by atoms with Crippen molar-refractivity contribution in [3.63, 3.8) is 0 Å². The number of aliphatic imine (C=N–C) groups is 1. The average Bonchev–Trinajstić information content (AvgIpc) is 3.22. The van der Waals surface area contributed by atoms with Gasteiger partial charge >= 0.3 is 6.61 Å². The van der Waals surface area contributed by atoms with Crippen molar-refractivity contribution in [2.75, 3.05) is 20.6 Å². The van der Waals surface area contributed by atoms with Crippen molar-refractivity contribution in [2.24, 2.45) is 4.99 Å². The van der Waals surface area contributed by atoms with Crippen LogP contribution in [0.2, 0.25) is 0 Å². The summed E-state index contributed by atoms with van der Waals surface area (Å²) in [5.41, 5.74) is 3.11. The number of halogens is 2. The number of nitrogens with zero attached hydrogens (tertiary/aromatic N) is 4. The molecule has 0 saturated heterocycles. The first kappa shape index (κ1) is 21.3. The van der Waals surface area contributed by atoms with Crippen LogP contribution in [0.4, 0.5) is 8.78 Å². The van der Waals surface area contributed by atoms with Gasteiger partial charge in [0.25, 0.3) is 0 Å². The maximum atomic E-state index is 12.3. The van der Waals surface area contributed by atoms with Gasteiger partial charge in [-0.05, 0) is 41.8 Å². The van der Waals surface area contributed by atoms with Crippen LogP contribution in [-0.2, 0) is 13.0 Å². The standard InChI is InChI=1S/C22H25F2N5O/c1-25-22(28(2)15-17-8-10-20(11-9-17)30-21(23)24)26-13-12-18-14-27-29(16-18)19-6-4-3-5-7-19/h3-11,14,16,21H,12-13,15H2,1-2H3,(H,25,26). The zero-order valence-corrected chi connectivity index (χ0v) is 17.0. The third-order valence-corrected chi connectivity index (χ3v) is 4.50. The number of nitrogens with one attached hydrogen (secondary N) is 1. The summed E-state index contributed by atoms with van der Waals surface area (Å²) in [7, 11) is 3.65. The SMILES string of the molecule is CN=C(NCCc1cnn(-c2ccccc2)c1)N(C)Cc1ccc(OC(F)F)cc1. The molecule has 30 heavy (non-hydrogen) atoms. The van der Waals surface area contributed by atoms with E-state index in [1.54, 1.807) is 19.2 Å². The highest BCUT2D eigenvalue weighted by molar-refractivity contribution is 5.79. The number of alkyl halides is 2. The lowest BCUT2D eigenvalue weighted by atomic mass is 10.2. The summed E-state index contributed by atoms with van der Waals surface area (Å²) in [5, 5.41) is 7.75. The van der Waals surface area contributed by atoms with Crippen LogP contribution in [0.1, 0.15) is 11.1 Å². The summed E-state index contributed by atoms with van der Waals surface area (Å²) in [5.74, 6) is 0.897. The molecule has 0 bridgehead atoms. The minimum absolute atomic E-state index is 0.148. The molecule has 0 unspecified atom stereocenters. The number of benzene rings is 2. The van der Waals surface area contributed by atoms with Crippen LogP contribution < -0.4 is 10.1 Å². The molecule has 1 N–H and O–H groups in total. The van der Waals surface area contributed by atoms with E-state index >= 15 is 0 Å². The molecule has 3 rings (SSSR count). The van der Waals surface area contributed by atoms with Crippen LogP contribution in [-0.4, -0.2) is 47.9 Å². The first-order valence-corrected chi connectivity index (χ1v) is 9.59. The van der Waals surface area contributed by atoms with Gasteiger partial charge in [-0.1, -0.05) is 30.3 Å². The van der Waals surface area contributed by atoms with E-state index in [1.165, 1.54) is 12.1 Å². The lowest BCUT2D eigenvalue weighted by molar-refractivity contribution is -0.0498. The minimum Gasteiger partial charge on any atom is -0.435 e. The Hall–Kier alpha value is -3.42. The van der Waals surface area contributed by atoms with Crippen LogP contribution in [0, 0.1) is 0 Å². The number of para-hydroxylation sites is 1. The van der Waals surface area contributed by atoms with Gasteiger partial charge in [-0.2, -0.15) is 13.9 Å². The second kappa shape index (κ2) is 10.4. The van der Waals surface area contributed by atoms with Crippen molar-refractivity contribution >= 4 is 5.96 Å². The van der Waals surface area contributed by atoms with Gasteiger partial charge in [0.2, 0.25) is 0 Å². The molecule has 2 aromatic carbocycles. The molecule has 0 atom stereocenters. The van der Waals surface area contributed by atoms with E-state index in [4.69, 9.17) is 0 Å². The molecular weight excluding hydrogens is 388 g/mol. The Labute approximate surface area is 174 Å². The molecule has 0 aliphatic heterocycles. The monoisotopic (exact) mass is 413 g/mol. The third-order valence-electron chi connectivity index (χ3n) is 4.50. The molecule has 0 saturated carbocycles. The Bertz CT molecular complexity index is 942. The van der Waals surface area contributed by atoms with Gasteiger partial charge in [0.15, 0.2) is 5.96 Å². The first-order valence-electron chi connectivity index (χ1n) is 9.59. The average molecular weight is 413 g/mol. The van der Waals surface area contributed by atoms with Gasteiger partial charge in [-0.25, -0.2) is 4.68 Å². The lowest BCUT2D eigenvalue weighted by Crippen LogP contribution is -2.39. The number of rotatable bonds is 8. The molecule has 0 aliphatic rings. The van der Waals surface area contributed by atoms with Crippen molar-refractivity contribution in [2.45, 2.75) is 19.6 Å². The second-order valence-electron chi connectivity index (χ2n) is 6.73. The molecule has 0 fully saturated rings. The van der Waals surface area contributed by atoms with Crippen molar-refractivity contribution < 1.29 is 13.5 Å². The van der Waals surface area contributed by atoms with E-state index in [-0.39, 0.29) is 5.75 Å². The maximum Gasteiger partial charge on any atom is 0.387 e. The number of hydrogen-bond acceptors (Lipinski definition) is 3. The molecule has 0 radical (unpaired) electrons. The Kier molecular flexibility index (Phi) is 7.37. The molecule has 8 heteroatoms. The van der Waals surface area contributed by atoms with E-state index < -0.39 is 6.61 Å². The fourth-order valence-electron chi connectivity index (χ4n) is 3.04. The number of guanidine groups is 1. The normalized spacial score (nSPS) is 11.6. The molecular formula is C22H25F2N5O. The summed E-state index contributed by atoms with van der Waals surface area (Å²) < 4.78 is 30.7. The quantitative estimate of drug-likeness (QED) is 0.452. The summed E-state index contributed by atoms with van der Waals surface area (Å²) in [4.78, 5) is 6.28. The largest absolute Gasteiger partial charge is 0.435 e. The highest BCUT2D eigenvalue weighted by Crippen LogP contribution is 2.15. The number of ether oxygens (including phenoxy) is 1. The molecule has 6 nitrogen and oxygen atoms in total. The fraction of sp³-hybridized carbons (Fsp3) is 0.273. The predicted octanol–water partition coefficient (Wildman–Crippen LogP) is 3.72. The van der Waals surface area contributed by atoms with Gasteiger partial charge in [-0.3, -0.25) is 4.99 Å². The molecule has 3 aromatic rings. The zero-order valence-electron chi connectivity index (χ0n) is 17.0. The Balaban J connectivity index is 1.49. The van der Waals surface area contributed by atoms with E-state index in [2.05, 4.69) is 20.1 Å². The summed E-state index contributed by atoms with van der Waals surface area (Å²) in [6, 6.07) is 16.6. The second-order valence-corrected chi connectivity index (χ2v) is 6.73. The summed E-state index contributed by atoms with van der Waals surface area (Å²) >= 11 is 0.